The quantitative estimate of drug-likeness (QED) is 0.354. The molecule has 1 heterocycles. The predicted molar refractivity (Wildman–Crippen MR) is 119 cm³/mol. The minimum Gasteiger partial charge on any atom is -0.0895 e. The standard InChI is InChI=1S/C24H16S2/c1-3-12-20-17(7-1)9-5-11-19(20)15-24-25-16-23(26-24)22-14-6-10-18-8-2-4-13-21(18)22/h1-16H. The number of fused-ring (bicyclic) bond motifs is 2. The Morgan fingerprint density at radius 1 is 0.615 bits per heavy atom. The van der Waals surface area contributed by atoms with E-state index >= 15 is 0 Å². The molecule has 5 rings (SSSR count). The zero-order valence-electron chi connectivity index (χ0n) is 14.1. The summed E-state index contributed by atoms with van der Waals surface area (Å²) >= 11 is 3.69. The van der Waals surface area contributed by atoms with E-state index in [0.29, 0.717) is 0 Å². The van der Waals surface area contributed by atoms with Crippen LogP contribution >= 0.6 is 23.5 Å². The summed E-state index contributed by atoms with van der Waals surface area (Å²) in [5.74, 6) is 0. The van der Waals surface area contributed by atoms with Gasteiger partial charge in [-0.05, 0) is 44.2 Å². The summed E-state index contributed by atoms with van der Waals surface area (Å²) in [7, 11) is 0. The lowest BCUT2D eigenvalue weighted by Crippen LogP contribution is -1.81. The molecule has 0 amide bonds. The lowest BCUT2D eigenvalue weighted by molar-refractivity contribution is 1.71. The van der Waals surface area contributed by atoms with Crippen LogP contribution in [0.15, 0.2) is 94.6 Å². The van der Waals surface area contributed by atoms with Crippen LogP contribution in [0.3, 0.4) is 0 Å². The highest BCUT2D eigenvalue weighted by Crippen LogP contribution is 2.50. The Morgan fingerprint density at radius 3 is 2.12 bits per heavy atom. The normalized spacial score (nSPS) is 15.7. The predicted octanol–water partition coefficient (Wildman–Crippen LogP) is 7.77. The van der Waals surface area contributed by atoms with Crippen LogP contribution in [0.5, 0.6) is 0 Å². The summed E-state index contributed by atoms with van der Waals surface area (Å²) < 4.78 is 1.32. The second-order valence-electron chi connectivity index (χ2n) is 6.26. The van der Waals surface area contributed by atoms with E-state index in [4.69, 9.17) is 0 Å². The van der Waals surface area contributed by atoms with Crippen molar-refractivity contribution in [1.82, 2.24) is 0 Å². The fourth-order valence-corrected chi connectivity index (χ4v) is 5.57. The number of rotatable bonds is 2. The summed E-state index contributed by atoms with van der Waals surface area (Å²) in [6.45, 7) is 0. The van der Waals surface area contributed by atoms with Crippen molar-refractivity contribution in [3.63, 3.8) is 0 Å². The molecule has 4 aromatic carbocycles. The maximum atomic E-state index is 2.31. The Bertz CT molecular complexity index is 1170. The SMILES string of the molecule is C(=C1SC=C(c2cccc3ccccc23)S1)c1cccc2ccccc12. The molecule has 2 heteroatoms. The number of hydrogen-bond donors (Lipinski definition) is 0. The van der Waals surface area contributed by atoms with Gasteiger partial charge in [-0.3, -0.25) is 0 Å². The van der Waals surface area contributed by atoms with Gasteiger partial charge in [-0.15, -0.1) is 0 Å². The van der Waals surface area contributed by atoms with Crippen LogP contribution in [-0.4, -0.2) is 0 Å². The van der Waals surface area contributed by atoms with Gasteiger partial charge in [-0.2, -0.15) is 0 Å². The van der Waals surface area contributed by atoms with Crippen molar-refractivity contribution in [2.75, 3.05) is 0 Å². The zero-order chi connectivity index (χ0) is 17.3. The first kappa shape index (κ1) is 15.8. The van der Waals surface area contributed by atoms with Crippen molar-refractivity contribution in [2.45, 2.75) is 0 Å². The van der Waals surface area contributed by atoms with Crippen LogP contribution in [-0.2, 0) is 0 Å². The molecule has 0 nitrogen and oxygen atoms in total. The van der Waals surface area contributed by atoms with E-state index in [2.05, 4.69) is 96.4 Å². The van der Waals surface area contributed by atoms with Crippen LogP contribution in [0.1, 0.15) is 11.1 Å². The van der Waals surface area contributed by atoms with Gasteiger partial charge in [-0.25, -0.2) is 0 Å². The zero-order valence-corrected chi connectivity index (χ0v) is 15.7. The van der Waals surface area contributed by atoms with Crippen molar-refractivity contribution in [3.8, 4) is 0 Å². The fourth-order valence-electron chi connectivity index (χ4n) is 3.39. The molecule has 0 saturated heterocycles. The average molecular weight is 369 g/mol. The first-order valence-corrected chi connectivity index (χ1v) is 10.3. The molecule has 0 fully saturated rings. The van der Waals surface area contributed by atoms with Crippen LogP contribution < -0.4 is 0 Å². The number of benzene rings is 4. The van der Waals surface area contributed by atoms with Crippen molar-refractivity contribution < 1.29 is 0 Å². The smallest absolute Gasteiger partial charge is 0.0499 e. The van der Waals surface area contributed by atoms with E-state index in [0.717, 1.165) is 0 Å². The minimum absolute atomic E-state index is 1.28. The molecular weight excluding hydrogens is 352 g/mol. The van der Waals surface area contributed by atoms with Gasteiger partial charge in [0.15, 0.2) is 0 Å². The topological polar surface area (TPSA) is 0 Å². The minimum atomic E-state index is 1.28. The Labute approximate surface area is 161 Å². The Balaban J connectivity index is 1.51. The molecule has 0 unspecified atom stereocenters. The summed E-state index contributed by atoms with van der Waals surface area (Å²) in [5.41, 5.74) is 2.60. The molecule has 0 saturated carbocycles. The van der Waals surface area contributed by atoms with E-state index in [1.807, 2.05) is 23.5 Å². The van der Waals surface area contributed by atoms with Crippen molar-refractivity contribution in [2.24, 2.45) is 0 Å². The molecule has 0 aromatic heterocycles. The lowest BCUT2D eigenvalue weighted by Gasteiger charge is -2.07. The largest absolute Gasteiger partial charge is 0.0895 e. The third-order valence-corrected chi connectivity index (χ3v) is 6.91. The first-order chi connectivity index (χ1) is 12.9. The van der Waals surface area contributed by atoms with E-state index in [1.165, 1.54) is 41.8 Å². The third-order valence-electron chi connectivity index (χ3n) is 4.64. The molecule has 124 valence electrons. The lowest BCUT2D eigenvalue weighted by atomic mass is 10.0. The molecule has 0 aliphatic carbocycles. The molecule has 0 N–H and O–H groups in total. The maximum Gasteiger partial charge on any atom is 0.0499 e. The number of thioether (sulfide) groups is 2. The second-order valence-corrected chi connectivity index (χ2v) is 8.51. The van der Waals surface area contributed by atoms with Gasteiger partial charge in [0.25, 0.3) is 0 Å². The first-order valence-electron chi connectivity index (χ1n) is 8.61. The van der Waals surface area contributed by atoms with Crippen molar-refractivity contribution in [3.05, 3.63) is 106 Å². The van der Waals surface area contributed by atoms with Gasteiger partial charge in [0.2, 0.25) is 0 Å². The molecule has 4 aromatic rings. The Hall–Kier alpha value is -2.42. The monoisotopic (exact) mass is 368 g/mol. The maximum absolute atomic E-state index is 2.31. The average Bonchev–Trinajstić information content (AvgIpc) is 3.16. The molecule has 0 spiro atoms. The van der Waals surface area contributed by atoms with Crippen LogP contribution in [0.25, 0.3) is 32.5 Å². The van der Waals surface area contributed by atoms with Crippen LogP contribution in [0.2, 0.25) is 0 Å². The summed E-state index contributed by atoms with van der Waals surface area (Å²) in [6, 6.07) is 30.2. The molecule has 0 radical (unpaired) electrons. The highest BCUT2D eigenvalue weighted by atomic mass is 32.2. The highest BCUT2D eigenvalue weighted by Gasteiger charge is 2.16. The molecule has 0 bridgehead atoms. The number of hydrogen-bond acceptors (Lipinski definition) is 2. The van der Waals surface area contributed by atoms with Gasteiger partial charge in [-0.1, -0.05) is 108 Å². The van der Waals surface area contributed by atoms with Gasteiger partial charge in [0, 0.05) is 9.14 Å². The van der Waals surface area contributed by atoms with Gasteiger partial charge in [0.05, 0.1) is 0 Å². The van der Waals surface area contributed by atoms with E-state index in [-0.39, 0.29) is 0 Å². The molecule has 0 atom stereocenters. The Kier molecular flexibility index (Phi) is 4.08. The summed E-state index contributed by atoms with van der Waals surface area (Å²) in [5, 5.41) is 7.49. The summed E-state index contributed by atoms with van der Waals surface area (Å²) in [6.07, 6.45) is 2.31. The van der Waals surface area contributed by atoms with Crippen molar-refractivity contribution >= 4 is 56.0 Å². The molecule has 26 heavy (non-hydrogen) atoms. The van der Waals surface area contributed by atoms with Gasteiger partial charge >= 0.3 is 0 Å². The van der Waals surface area contributed by atoms with Gasteiger partial charge < -0.3 is 0 Å². The molecule has 1 aliphatic heterocycles. The van der Waals surface area contributed by atoms with Crippen LogP contribution in [0, 0.1) is 0 Å². The Morgan fingerprint density at radius 2 is 1.27 bits per heavy atom. The summed E-state index contributed by atoms with van der Waals surface area (Å²) in [4.78, 5) is 1.33. The van der Waals surface area contributed by atoms with Crippen molar-refractivity contribution in [1.29, 1.82) is 0 Å². The molecule has 1 aliphatic rings. The second kappa shape index (κ2) is 6.71. The molecular formula is C24H16S2. The van der Waals surface area contributed by atoms with E-state index in [9.17, 15) is 0 Å². The van der Waals surface area contributed by atoms with Gasteiger partial charge in [0.1, 0.15) is 0 Å². The third kappa shape index (κ3) is 2.86. The fraction of sp³-hybridized carbons (Fsp3) is 0. The van der Waals surface area contributed by atoms with E-state index in [1.54, 1.807) is 0 Å². The van der Waals surface area contributed by atoms with E-state index < -0.39 is 0 Å². The highest BCUT2D eigenvalue weighted by molar-refractivity contribution is 8.31. The van der Waals surface area contributed by atoms with Crippen LogP contribution in [0.4, 0.5) is 0 Å².